The van der Waals surface area contributed by atoms with Gasteiger partial charge in [-0.3, -0.25) is 4.79 Å². The number of halogens is 2. The second kappa shape index (κ2) is 4.90. The third kappa shape index (κ3) is 2.38. The first-order valence-electron chi connectivity index (χ1n) is 6.25. The normalized spacial score (nSPS) is 11.0. The van der Waals surface area contributed by atoms with E-state index < -0.39 is 5.82 Å². The summed E-state index contributed by atoms with van der Waals surface area (Å²) in [5.74, 6) is -0.172. The van der Waals surface area contributed by atoms with Crippen molar-refractivity contribution in [1.29, 1.82) is 0 Å². The molecule has 106 valence electrons. The van der Waals surface area contributed by atoms with Crippen molar-refractivity contribution < 1.29 is 8.81 Å². The van der Waals surface area contributed by atoms with Gasteiger partial charge in [0.05, 0.1) is 11.1 Å². The van der Waals surface area contributed by atoms with E-state index in [0.29, 0.717) is 27.3 Å². The molecule has 21 heavy (non-hydrogen) atoms. The Balaban J connectivity index is 2.30. The molecule has 0 aliphatic rings. The van der Waals surface area contributed by atoms with Crippen LogP contribution >= 0.6 is 11.6 Å². The topological polar surface area (TPSA) is 56.2 Å². The van der Waals surface area contributed by atoms with Gasteiger partial charge in [0, 0.05) is 16.7 Å². The minimum Gasteiger partial charge on any atom is -0.456 e. The fraction of sp³-hybridized carbons (Fsp3) is 0.0625. The number of aryl methyl sites for hydroxylation is 1. The van der Waals surface area contributed by atoms with Gasteiger partial charge in [-0.05, 0) is 42.8 Å². The first-order chi connectivity index (χ1) is 9.95. The standard InChI is InChI=1S/C16H11ClFNO2/c1-8-4-10(17)6-11-14(20)7-15(21-16(8)11)9-2-3-12(18)13(19)5-9/h2-7H,19H2,1H3. The lowest BCUT2D eigenvalue weighted by molar-refractivity contribution is 0.614. The minimum atomic E-state index is -0.509. The van der Waals surface area contributed by atoms with Gasteiger partial charge in [0.25, 0.3) is 0 Å². The molecule has 2 aromatic carbocycles. The summed E-state index contributed by atoms with van der Waals surface area (Å²) in [6.45, 7) is 1.81. The maximum Gasteiger partial charge on any atom is 0.193 e. The van der Waals surface area contributed by atoms with Crippen molar-refractivity contribution in [1.82, 2.24) is 0 Å². The lowest BCUT2D eigenvalue weighted by atomic mass is 10.1. The number of rotatable bonds is 1. The summed E-state index contributed by atoms with van der Waals surface area (Å²) in [7, 11) is 0. The summed E-state index contributed by atoms with van der Waals surface area (Å²) < 4.78 is 19.0. The van der Waals surface area contributed by atoms with Gasteiger partial charge in [0.1, 0.15) is 17.2 Å². The predicted octanol–water partition coefficient (Wildman–Crippen LogP) is 4.14. The Bertz CT molecular complexity index is 918. The maximum atomic E-state index is 13.2. The lowest BCUT2D eigenvalue weighted by Crippen LogP contribution is -2.01. The van der Waals surface area contributed by atoms with E-state index in [1.807, 2.05) is 0 Å². The molecule has 3 rings (SSSR count). The Morgan fingerprint density at radius 1 is 1.19 bits per heavy atom. The summed E-state index contributed by atoms with van der Waals surface area (Å²) >= 11 is 5.95. The SMILES string of the molecule is Cc1cc(Cl)cc2c(=O)cc(-c3ccc(F)c(N)c3)oc12. The average molecular weight is 304 g/mol. The van der Waals surface area contributed by atoms with Crippen molar-refractivity contribution in [2.75, 3.05) is 5.73 Å². The quantitative estimate of drug-likeness (QED) is 0.687. The summed E-state index contributed by atoms with van der Waals surface area (Å²) in [5, 5.41) is 0.893. The van der Waals surface area contributed by atoms with Crippen LogP contribution in [0.25, 0.3) is 22.3 Å². The molecule has 0 amide bonds. The number of nitrogen functional groups attached to an aromatic ring is 1. The molecule has 0 saturated heterocycles. The summed E-state index contributed by atoms with van der Waals surface area (Å²) in [6.07, 6.45) is 0. The van der Waals surface area contributed by atoms with E-state index in [0.717, 1.165) is 5.56 Å². The van der Waals surface area contributed by atoms with Crippen LogP contribution in [0.1, 0.15) is 5.56 Å². The van der Waals surface area contributed by atoms with Gasteiger partial charge in [-0.15, -0.1) is 0 Å². The van der Waals surface area contributed by atoms with E-state index in [-0.39, 0.29) is 11.1 Å². The highest BCUT2D eigenvalue weighted by Gasteiger charge is 2.11. The van der Waals surface area contributed by atoms with E-state index >= 15 is 0 Å². The predicted molar refractivity (Wildman–Crippen MR) is 82.0 cm³/mol. The average Bonchev–Trinajstić information content (AvgIpc) is 2.43. The Hall–Kier alpha value is -2.33. The van der Waals surface area contributed by atoms with Gasteiger partial charge >= 0.3 is 0 Å². The van der Waals surface area contributed by atoms with E-state index in [4.69, 9.17) is 21.8 Å². The van der Waals surface area contributed by atoms with Crippen LogP contribution in [0.15, 0.2) is 45.6 Å². The number of hydrogen-bond donors (Lipinski definition) is 1. The first-order valence-corrected chi connectivity index (χ1v) is 6.63. The molecular weight excluding hydrogens is 293 g/mol. The summed E-state index contributed by atoms with van der Waals surface area (Å²) in [4.78, 5) is 12.2. The molecule has 0 unspecified atom stereocenters. The molecule has 2 N–H and O–H groups in total. The molecule has 0 aliphatic heterocycles. The van der Waals surface area contributed by atoms with Gasteiger partial charge in [-0.25, -0.2) is 4.39 Å². The Morgan fingerprint density at radius 3 is 2.67 bits per heavy atom. The molecule has 0 atom stereocenters. The highest BCUT2D eigenvalue weighted by atomic mass is 35.5. The number of anilines is 1. The zero-order valence-electron chi connectivity index (χ0n) is 11.1. The molecule has 3 aromatic rings. The van der Waals surface area contributed by atoms with Gasteiger partial charge in [-0.1, -0.05) is 11.6 Å². The van der Waals surface area contributed by atoms with E-state index in [1.54, 1.807) is 19.1 Å². The minimum absolute atomic E-state index is 0.00285. The number of benzene rings is 2. The first kappa shape index (κ1) is 13.6. The molecule has 0 bridgehead atoms. The van der Waals surface area contributed by atoms with Crippen LogP contribution in [0.3, 0.4) is 0 Å². The Labute approximate surface area is 124 Å². The molecule has 5 heteroatoms. The number of hydrogen-bond acceptors (Lipinski definition) is 3. The zero-order valence-corrected chi connectivity index (χ0v) is 11.9. The van der Waals surface area contributed by atoms with Crippen molar-refractivity contribution >= 4 is 28.3 Å². The van der Waals surface area contributed by atoms with Crippen molar-refractivity contribution in [2.24, 2.45) is 0 Å². The molecule has 1 aromatic heterocycles. The van der Waals surface area contributed by atoms with Crippen LogP contribution in [0.4, 0.5) is 10.1 Å². The van der Waals surface area contributed by atoms with Crippen molar-refractivity contribution in [2.45, 2.75) is 6.92 Å². The molecule has 0 spiro atoms. The van der Waals surface area contributed by atoms with Crippen LogP contribution in [-0.2, 0) is 0 Å². The maximum absolute atomic E-state index is 13.2. The highest BCUT2D eigenvalue weighted by Crippen LogP contribution is 2.28. The van der Waals surface area contributed by atoms with Crippen LogP contribution in [-0.4, -0.2) is 0 Å². The smallest absolute Gasteiger partial charge is 0.193 e. The van der Waals surface area contributed by atoms with Crippen molar-refractivity contribution in [3.05, 3.63) is 63.0 Å². The third-order valence-corrected chi connectivity index (χ3v) is 3.48. The van der Waals surface area contributed by atoms with Gasteiger partial charge in [-0.2, -0.15) is 0 Å². The van der Waals surface area contributed by atoms with E-state index in [1.165, 1.54) is 24.3 Å². The second-order valence-corrected chi connectivity index (χ2v) is 5.25. The van der Waals surface area contributed by atoms with Crippen LogP contribution < -0.4 is 11.2 Å². The summed E-state index contributed by atoms with van der Waals surface area (Å²) in [5.41, 5.74) is 7.10. The van der Waals surface area contributed by atoms with Gasteiger partial charge in [0.2, 0.25) is 0 Å². The van der Waals surface area contributed by atoms with Gasteiger partial charge < -0.3 is 10.2 Å². The fourth-order valence-electron chi connectivity index (χ4n) is 2.22. The molecule has 0 fully saturated rings. The molecule has 1 heterocycles. The number of fused-ring (bicyclic) bond motifs is 1. The Kier molecular flexibility index (Phi) is 3.18. The van der Waals surface area contributed by atoms with Gasteiger partial charge in [0.15, 0.2) is 5.43 Å². The second-order valence-electron chi connectivity index (χ2n) is 4.81. The van der Waals surface area contributed by atoms with Crippen LogP contribution in [0.2, 0.25) is 5.02 Å². The molecule has 3 nitrogen and oxygen atoms in total. The van der Waals surface area contributed by atoms with Crippen LogP contribution in [0.5, 0.6) is 0 Å². The summed E-state index contributed by atoms with van der Waals surface area (Å²) in [6, 6.07) is 8.83. The number of nitrogens with two attached hydrogens (primary N) is 1. The molecular formula is C16H11ClFNO2. The largest absolute Gasteiger partial charge is 0.456 e. The molecule has 0 radical (unpaired) electrons. The third-order valence-electron chi connectivity index (χ3n) is 3.26. The van der Waals surface area contributed by atoms with Crippen LogP contribution in [0, 0.1) is 12.7 Å². The lowest BCUT2D eigenvalue weighted by Gasteiger charge is -2.07. The van der Waals surface area contributed by atoms with Crippen molar-refractivity contribution in [3.63, 3.8) is 0 Å². The Morgan fingerprint density at radius 2 is 1.95 bits per heavy atom. The zero-order chi connectivity index (χ0) is 15.1. The van der Waals surface area contributed by atoms with Crippen molar-refractivity contribution in [3.8, 4) is 11.3 Å². The molecule has 0 aliphatic carbocycles. The van der Waals surface area contributed by atoms with E-state index in [2.05, 4.69) is 0 Å². The fourth-order valence-corrected chi connectivity index (χ4v) is 2.50. The van der Waals surface area contributed by atoms with E-state index in [9.17, 15) is 9.18 Å². The highest BCUT2D eigenvalue weighted by molar-refractivity contribution is 6.31. The monoisotopic (exact) mass is 303 g/mol. The molecule has 0 saturated carbocycles.